The lowest BCUT2D eigenvalue weighted by Crippen LogP contribution is -2.60. The Morgan fingerprint density at radius 1 is 1.12 bits per heavy atom. The Kier molecular flexibility index (Phi) is 4.20. The molecule has 1 heterocycles. The zero-order chi connectivity index (χ0) is 18.4. The highest BCUT2D eigenvalue weighted by Gasteiger charge is 2.60. The van der Waals surface area contributed by atoms with E-state index in [1.54, 1.807) is 12.1 Å². The predicted octanol–water partition coefficient (Wildman–Crippen LogP) is 3.28. The molecule has 1 unspecified atom stereocenters. The van der Waals surface area contributed by atoms with Crippen molar-refractivity contribution in [3.63, 3.8) is 0 Å². The number of benzene rings is 2. The molecule has 0 bridgehead atoms. The van der Waals surface area contributed by atoms with Crippen molar-refractivity contribution in [1.82, 2.24) is 5.32 Å². The fourth-order valence-electron chi connectivity index (χ4n) is 4.96. The lowest BCUT2D eigenvalue weighted by Gasteiger charge is -2.46. The van der Waals surface area contributed by atoms with E-state index in [1.165, 1.54) is 17.7 Å². The van der Waals surface area contributed by atoms with E-state index in [0.29, 0.717) is 0 Å². The lowest BCUT2D eigenvalue weighted by molar-refractivity contribution is -0.131. The van der Waals surface area contributed by atoms with Gasteiger partial charge in [0, 0.05) is 11.3 Å². The van der Waals surface area contributed by atoms with Crippen LogP contribution in [0.3, 0.4) is 0 Å². The van der Waals surface area contributed by atoms with Crippen molar-refractivity contribution in [1.29, 1.82) is 0 Å². The lowest BCUT2D eigenvalue weighted by atomic mass is 9.61. The molecule has 1 fully saturated rings. The average molecular weight is 352 g/mol. The standard InChI is InChI=1S/C22H25FN2O/c1-15(16-6-8-18(23)9-7-16)20(26)22(24)19-5-3-2-4-17(19)14-21(22)10-12-25-13-11-21/h2-9,15,25H,10-14,24H2,1H3/t15?,22-/m0/s1. The number of Topliss-reactive ketones (excluding diaryl/α,β-unsaturated/α-hetero) is 1. The Morgan fingerprint density at radius 3 is 2.46 bits per heavy atom. The van der Waals surface area contributed by atoms with Crippen LogP contribution in [-0.4, -0.2) is 18.9 Å². The third-order valence-electron chi connectivity index (χ3n) is 6.52. The molecular formula is C22H25FN2O. The van der Waals surface area contributed by atoms with Crippen molar-refractivity contribution >= 4 is 5.78 Å². The smallest absolute Gasteiger partial charge is 0.164 e. The number of piperidine rings is 1. The molecule has 2 aromatic carbocycles. The number of ketones is 1. The summed E-state index contributed by atoms with van der Waals surface area (Å²) in [5.74, 6) is -0.633. The maximum atomic E-state index is 13.7. The zero-order valence-corrected chi connectivity index (χ0v) is 15.1. The van der Waals surface area contributed by atoms with Gasteiger partial charge in [-0.05, 0) is 61.2 Å². The van der Waals surface area contributed by atoms with Gasteiger partial charge in [0.2, 0.25) is 0 Å². The largest absolute Gasteiger partial charge is 0.317 e. The van der Waals surface area contributed by atoms with Crippen LogP contribution in [0.2, 0.25) is 0 Å². The van der Waals surface area contributed by atoms with Crippen LogP contribution in [-0.2, 0) is 16.8 Å². The minimum Gasteiger partial charge on any atom is -0.317 e. The second kappa shape index (κ2) is 6.29. The summed E-state index contributed by atoms with van der Waals surface area (Å²) in [5, 5.41) is 3.40. The van der Waals surface area contributed by atoms with Gasteiger partial charge in [-0.25, -0.2) is 4.39 Å². The Morgan fingerprint density at radius 2 is 1.77 bits per heavy atom. The SMILES string of the molecule is CC(C(=O)[C@@]1(N)c2ccccc2CC12CCNCC2)c1ccc(F)cc1. The van der Waals surface area contributed by atoms with E-state index in [4.69, 9.17) is 5.73 Å². The molecule has 1 aliphatic carbocycles. The topological polar surface area (TPSA) is 55.1 Å². The van der Waals surface area contributed by atoms with E-state index >= 15 is 0 Å². The van der Waals surface area contributed by atoms with Crippen LogP contribution >= 0.6 is 0 Å². The van der Waals surface area contributed by atoms with E-state index < -0.39 is 5.54 Å². The zero-order valence-electron chi connectivity index (χ0n) is 15.1. The molecule has 1 saturated heterocycles. The Balaban J connectivity index is 1.79. The number of nitrogens with two attached hydrogens (primary N) is 1. The number of hydrogen-bond acceptors (Lipinski definition) is 3. The summed E-state index contributed by atoms with van der Waals surface area (Å²) < 4.78 is 13.3. The normalized spacial score (nSPS) is 25.0. The maximum absolute atomic E-state index is 13.7. The fourth-order valence-corrected chi connectivity index (χ4v) is 4.96. The minimum atomic E-state index is -1.00. The molecule has 136 valence electrons. The van der Waals surface area contributed by atoms with Gasteiger partial charge in [0.25, 0.3) is 0 Å². The fraction of sp³-hybridized carbons (Fsp3) is 0.409. The number of hydrogen-bond donors (Lipinski definition) is 2. The van der Waals surface area contributed by atoms with Crippen molar-refractivity contribution in [3.05, 3.63) is 71.0 Å². The van der Waals surface area contributed by atoms with Crippen LogP contribution in [0.4, 0.5) is 4.39 Å². The van der Waals surface area contributed by atoms with E-state index in [9.17, 15) is 9.18 Å². The van der Waals surface area contributed by atoms with Crippen molar-refractivity contribution in [3.8, 4) is 0 Å². The number of carbonyl (C=O) groups excluding carboxylic acids is 1. The van der Waals surface area contributed by atoms with Gasteiger partial charge in [-0.2, -0.15) is 0 Å². The summed E-state index contributed by atoms with van der Waals surface area (Å²) in [6, 6.07) is 14.3. The molecule has 0 saturated carbocycles. The van der Waals surface area contributed by atoms with Crippen molar-refractivity contribution in [2.75, 3.05) is 13.1 Å². The molecule has 1 spiro atoms. The van der Waals surface area contributed by atoms with E-state index in [0.717, 1.165) is 43.5 Å². The van der Waals surface area contributed by atoms with Crippen molar-refractivity contribution in [2.24, 2.45) is 11.1 Å². The van der Waals surface area contributed by atoms with Gasteiger partial charge in [-0.1, -0.05) is 43.3 Å². The number of rotatable bonds is 3. The second-order valence-electron chi connectivity index (χ2n) is 7.81. The molecule has 2 aliphatic rings. The van der Waals surface area contributed by atoms with Gasteiger partial charge in [0.05, 0.1) is 0 Å². The molecule has 26 heavy (non-hydrogen) atoms. The Bertz CT molecular complexity index is 826. The first kappa shape index (κ1) is 17.4. The Labute approximate surface area is 153 Å². The second-order valence-corrected chi connectivity index (χ2v) is 7.81. The van der Waals surface area contributed by atoms with Gasteiger partial charge in [0.15, 0.2) is 5.78 Å². The molecular weight excluding hydrogens is 327 g/mol. The number of carbonyl (C=O) groups is 1. The first-order chi connectivity index (χ1) is 12.5. The van der Waals surface area contributed by atoms with Crippen LogP contribution in [0, 0.1) is 11.2 Å². The van der Waals surface area contributed by atoms with Crippen LogP contribution in [0.25, 0.3) is 0 Å². The summed E-state index contributed by atoms with van der Waals surface area (Å²) in [7, 11) is 0. The van der Waals surface area contributed by atoms with Crippen LogP contribution in [0.5, 0.6) is 0 Å². The van der Waals surface area contributed by atoms with Gasteiger partial charge >= 0.3 is 0 Å². The molecule has 2 atom stereocenters. The molecule has 4 rings (SSSR count). The summed E-state index contributed by atoms with van der Waals surface area (Å²) in [5.41, 5.74) is 8.78. The third-order valence-corrected chi connectivity index (χ3v) is 6.52. The number of halogens is 1. The highest BCUT2D eigenvalue weighted by molar-refractivity contribution is 5.96. The van der Waals surface area contributed by atoms with E-state index in [2.05, 4.69) is 11.4 Å². The van der Waals surface area contributed by atoms with Crippen LogP contribution in [0.15, 0.2) is 48.5 Å². The highest BCUT2D eigenvalue weighted by atomic mass is 19.1. The van der Waals surface area contributed by atoms with Crippen molar-refractivity contribution in [2.45, 2.75) is 37.6 Å². The summed E-state index contributed by atoms with van der Waals surface area (Å²) in [4.78, 5) is 13.7. The Hall–Kier alpha value is -2.04. The number of fused-ring (bicyclic) bond motifs is 1. The van der Waals surface area contributed by atoms with E-state index in [1.807, 2.05) is 25.1 Å². The quantitative estimate of drug-likeness (QED) is 0.891. The minimum absolute atomic E-state index is 0.0379. The van der Waals surface area contributed by atoms with Gasteiger partial charge in [0.1, 0.15) is 11.4 Å². The molecule has 1 aliphatic heterocycles. The molecule has 3 nitrogen and oxygen atoms in total. The molecule has 2 aromatic rings. The molecule has 0 radical (unpaired) electrons. The summed E-state index contributed by atoms with van der Waals surface area (Å²) in [6.45, 7) is 3.65. The molecule has 0 amide bonds. The number of nitrogens with one attached hydrogen (secondary N) is 1. The first-order valence-electron chi connectivity index (χ1n) is 9.36. The monoisotopic (exact) mass is 352 g/mol. The van der Waals surface area contributed by atoms with Crippen molar-refractivity contribution < 1.29 is 9.18 Å². The maximum Gasteiger partial charge on any atom is 0.164 e. The summed E-state index contributed by atoms with van der Waals surface area (Å²) in [6.07, 6.45) is 2.63. The molecule has 3 N–H and O–H groups in total. The van der Waals surface area contributed by atoms with Gasteiger partial charge < -0.3 is 11.1 Å². The summed E-state index contributed by atoms with van der Waals surface area (Å²) >= 11 is 0. The predicted molar refractivity (Wildman–Crippen MR) is 100 cm³/mol. The molecule has 4 heteroatoms. The van der Waals surface area contributed by atoms with Gasteiger partial charge in [-0.15, -0.1) is 0 Å². The average Bonchev–Trinajstić information content (AvgIpc) is 2.91. The third kappa shape index (κ3) is 2.43. The van der Waals surface area contributed by atoms with E-state index in [-0.39, 0.29) is 22.9 Å². The highest BCUT2D eigenvalue weighted by Crippen LogP contribution is 2.55. The van der Waals surface area contributed by atoms with Crippen LogP contribution < -0.4 is 11.1 Å². The first-order valence-corrected chi connectivity index (χ1v) is 9.36. The van der Waals surface area contributed by atoms with Gasteiger partial charge in [-0.3, -0.25) is 4.79 Å². The molecule has 0 aromatic heterocycles. The van der Waals surface area contributed by atoms with Crippen LogP contribution in [0.1, 0.15) is 42.4 Å².